The number of para-hydroxylation sites is 1. The minimum absolute atomic E-state index is 0.0569. The second kappa shape index (κ2) is 9.87. The van der Waals surface area contributed by atoms with E-state index in [4.69, 9.17) is 4.74 Å². The zero-order chi connectivity index (χ0) is 18.9. The molecule has 1 N–H and O–H groups in total. The van der Waals surface area contributed by atoms with Crippen molar-refractivity contribution in [1.82, 2.24) is 10.2 Å². The van der Waals surface area contributed by atoms with Crippen LogP contribution in [0.4, 0.5) is 0 Å². The van der Waals surface area contributed by atoms with Gasteiger partial charge >= 0.3 is 0 Å². The Balaban J connectivity index is 1.89. The maximum absolute atomic E-state index is 12.3. The summed E-state index contributed by atoms with van der Waals surface area (Å²) in [5, 5.41) is 2.67. The fraction of sp³-hybridized carbons (Fsp3) is 0.300. The Kier molecular flexibility index (Phi) is 7.53. The normalized spacial score (nSPS) is 10.3. The molecule has 2 amide bonds. The largest absolute Gasteiger partial charge is 0.493 e. The molecule has 0 atom stereocenters. The fourth-order valence-corrected chi connectivity index (χ4v) is 2.82. The van der Waals surface area contributed by atoms with Gasteiger partial charge in [0.15, 0.2) is 0 Å². The van der Waals surface area contributed by atoms with Crippen LogP contribution in [-0.2, 0) is 11.3 Å². The molecule has 0 bridgehead atoms. The summed E-state index contributed by atoms with van der Waals surface area (Å²) in [5.74, 6) is 0.0449. The number of likely N-dealkylation sites (N-methyl/N-ethyl adjacent to an activating group) is 1. The highest BCUT2D eigenvalue weighted by Crippen LogP contribution is 2.18. The van der Waals surface area contributed by atoms with Gasteiger partial charge in [0.2, 0.25) is 5.91 Å². The van der Waals surface area contributed by atoms with Gasteiger partial charge in [0.25, 0.3) is 5.91 Å². The van der Waals surface area contributed by atoms with Crippen LogP contribution in [0, 0.1) is 0 Å². The van der Waals surface area contributed by atoms with Gasteiger partial charge in [-0.25, -0.2) is 0 Å². The summed E-state index contributed by atoms with van der Waals surface area (Å²) in [4.78, 5) is 27.4. The summed E-state index contributed by atoms with van der Waals surface area (Å²) in [6.45, 7) is 2.78. The number of ether oxygens (including phenoxy) is 1. The number of carbonyl (C=O) groups excluding carboxylic acids is 2. The summed E-state index contributed by atoms with van der Waals surface area (Å²) in [6, 6.07) is 15.1. The van der Waals surface area contributed by atoms with E-state index in [1.54, 1.807) is 41.9 Å². The van der Waals surface area contributed by atoms with Crippen molar-refractivity contribution >= 4 is 23.6 Å². The molecule has 2 aromatic rings. The minimum Gasteiger partial charge on any atom is -0.493 e. The Morgan fingerprint density at radius 1 is 1.12 bits per heavy atom. The molecule has 0 aliphatic heterocycles. The van der Waals surface area contributed by atoms with E-state index >= 15 is 0 Å². The summed E-state index contributed by atoms with van der Waals surface area (Å²) in [7, 11) is 1.73. The van der Waals surface area contributed by atoms with Gasteiger partial charge in [0.05, 0.1) is 18.7 Å². The van der Waals surface area contributed by atoms with Crippen LogP contribution in [0.1, 0.15) is 22.8 Å². The van der Waals surface area contributed by atoms with Crippen LogP contribution in [0.15, 0.2) is 53.4 Å². The van der Waals surface area contributed by atoms with Crippen LogP contribution in [0.2, 0.25) is 0 Å². The predicted molar refractivity (Wildman–Crippen MR) is 105 cm³/mol. The highest BCUT2D eigenvalue weighted by atomic mass is 32.2. The topological polar surface area (TPSA) is 58.6 Å². The Morgan fingerprint density at radius 3 is 2.46 bits per heavy atom. The van der Waals surface area contributed by atoms with Crippen molar-refractivity contribution < 1.29 is 14.3 Å². The summed E-state index contributed by atoms with van der Waals surface area (Å²) >= 11 is 1.68. The average Bonchev–Trinajstić information content (AvgIpc) is 2.67. The van der Waals surface area contributed by atoms with E-state index in [9.17, 15) is 9.59 Å². The molecule has 0 saturated heterocycles. The average molecular weight is 372 g/mol. The number of benzene rings is 2. The Labute approximate surface area is 158 Å². The van der Waals surface area contributed by atoms with Gasteiger partial charge in [-0.3, -0.25) is 9.59 Å². The zero-order valence-electron chi connectivity index (χ0n) is 15.3. The van der Waals surface area contributed by atoms with Gasteiger partial charge < -0.3 is 15.0 Å². The number of carbonyl (C=O) groups is 2. The molecule has 0 aliphatic rings. The van der Waals surface area contributed by atoms with E-state index in [1.165, 1.54) is 4.90 Å². The first-order valence-corrected chi connectivity index (χ1v) is 9.64. The lowest BCUT2D eigenvalue weighted by Gasteiger charge is -2.18. The Morgan fingerprint density at radius 2 is 1.81 bits per heavy atom. The molecule has 2 rings (SSSR count). The predicted octanol–water partition coefficient (Wildman–Crippen LogP) is 3.20. The smallest absolute Gasteiger partial charge is 0.255 e. The quantitative estimate of drug-likeness (QED) is 0.723. The molecule has 26 heavy (non-hydrogen) atoms. The number of nitrogens with one attached hydrogen (secondary N) is 1. The highest BCUT2D eigenvalue weighted by Gasteiger charge is 2.15. The SMILES string of the molecule is CCOc1ccccc1C(=O)NCC(=O)N(C)Cc1ccc(SC)cc1. The van der Waals surface area contributed by atoms with Crippen LogP contribution >= 0.6 is 11.8 Å². The van der Waals surface area contributed by atoms with Gasteiger partial charge in [-0.1, -0.05) is 24.3 Å². The monoisotopic (exact) mass is 372 g/mol. The fourth-order valence-electron chi connectivity index (χ4n) is 2.41. The summed E-state index contributed by atoms with van der Waals surface area (Å²) in [5.41, 5.74) is 1.48. The second-order valence-electron chi connectivity index (χ2n) is 5.71. The maximum Gasteiger partial charge on any atom is 0.255 e. The van der Waals surface area contributed by atoms with E-state index in [0.717, 1.165) is 5.56 Å². The molecule has 0 radical (unpaired) electrons. The van der Waals surface area contributed by atoms with Gasteiger partial charge in [0, 0.05) is 18.5 Å². The third-order valence-electron chi connectivity index (χ3n) is 3.84. The summed E-state index contributed by atoms with van der Waals surface area (Å²) < 4.78 is 5.45. The highest BCUT2D eigenvalue weighted by molar-refractivity contribution is 7.98. The van der Waals surface area contributed by atoms with Gasteiger partial charge in [-0.2, -0.15) is 0 Å². The molecular weight excluding hydrogens is 348 g/mol. The van der Waals surface area contributed by atoms with Crippen molar-refractivity contribution in [3.8, 4) is 5.75 Å². The lowest BCUT2D eigenvalue weighted by atomic mass is 10.2. The van der Waals surface area contributed by atoms with Crippen molar-refractivity contribution in [2.75, 3.05) is 26.5 Å². The molecule has 0 aromatic heterocycles. The molecule has 138 valence electrons. The van der Waals surface area contributed by atoms with Crippen molar-refractivity contribution in [3.05, 3.63) is 59.7 Å². The van der Waals surface area contributed by atoms with Crippen molar-refractivity contribution in [2.24, 2.45) is 0 Å². The third-order valence-corrected chi connectivity index (χ3v) is 4.58. The van der Waals surface area contributed by atoms with Crippen LogP contribution < -0.4 is 10.1 Å². The Bertz CT molecular complexity index is 747. The maximum atomic E-state index is 12.3. The lowest BCUT2D eigenvalue weighted by Crippen LogP contribution is -2.37. The van der Waals surface area contributed by atoms with Crippen molar-refractivity contribution in [3.63, 3.8) is 0 Å². The summed E-state index contributed by atoms with van der Waals surface area (Å²) in [6.07, 6.45) is 2.02. The number of hydrogen-bond donors (Lipinski definition) is 1. The number of amides is 2. The molecule has 0 saturated carbocycles. The lowest BCUT2D eigenvalue weighted by molar-refractivity contribution is -0.129. The van der Waals surface area contributed by atoms with Crippen LogP contribution in [-0.4, -0.2) is 43.2 Å². The van der Waals surface area contributed by atoms with E-state index < -0.39 is 0 Å². The van der Waals surface area contributed by atoms with E-state index in [1.807, 2.05) is 43.5 Å². The van der Waals surface area contributed by atoms with Gasteiger partial charge in [-0.15, -0.1) is 11.8 Å². The molecule has 6 heteroatoms. The first kappa shape index (κ1) is 19.8. The molecule has 5 nitrogen and oxygen atoms in total. The zero-order valence-corrected chi connectivity index (χ0v) is 16.1. The van der Waals surface area contributed by atoms with E-state index in [-0.39, 0.29) is 18.4 Å². The standard InChI is InChI=1S/C20H24N2O3S/c1-4-25-18-8-6-5-7-17(18)20(24)21-13-19(23)22(2)14-15-9-11-16(26-3)12-10-15/h5-12H,4,13-14H2,1-3H3,(H,21,24). The van der Waals surface area contributed by atoms with Crippen LogP contribution in [0.5, 0.6) is 5.75 Å². The van der Waals surface area contributed by atoms with Crippen LogP contribution in [0.25, 0.3) is 0 Å². The minimum atomic E-state index is -0.319. The first-order chi connectivity index (χ1) is 12.5. The molecule has 2 aromatic carbocycles. The molecular formula is C20H24N2O3S. The molecule has 0 heterocycles. The first-order valence-electron chi connectivity index (χ1n) is 8.42. The number of nitrogens with zero attached hydrogens (tertiary/aromatic N) is 1. The Hall–Kier alpha value is -2.47. The number of thioether (sulfide) groups is 1. The molecule has 0 unspecified atom stereocenters. The molecule has 0 fully saturated rings. The van der Waals surface area contributed by atoms with Crippen molar-refractivity contribution in [2.45, 2.75) is 18.4 Å². The molecule has 0 spiro atoms. The molecule has 0 aliphatic carbocycles. The number of hydrogen-bond acceptors (Lipinski definition) is 4. The van der Waals surface area contributed by atoms with E-state index in [2.05, 4.69) is 5.32 Å². The van der Waals surface area contributed by atoms with Gasteiger partial charge in [-0.05, 0) is 43.0 Å². The van der Waals surface area contributed by atoms with E-state index in [0.29, 0.717) is 24.5 Å². The third kappa shape index (κ3) is 5.52. The number of rotatable bonds is 8. The second-order valence-corrected chi connectivity index (χ2v) is 6.59. The van der Waals surface area contributed by atoms with Gasteiger partial charge in [0.1, 0.15) is 5.75 Å². The van der Waals surface area contributed by atoms with Crippen molar-refractivity contribution in [1.29, 1.82) is 0 Å². The van der Waals surface area contributed by atoms with Crippen LogP contribution in [0.3, 0.4) is 0 Å².